The first-order valence-electron chi connectivity index (χ1n) is 8.75. The van der Waals surface area contributed by atoms with Crippen LogP contribution in [0.3, 0.4) is 0 Å². The van der Waals surface area contributed by atoms with E-state index in [0.717, 1.165) is 11.4 Å². The van der Waals surface area contributed by atoms with Gasteiger partial charge in [-0.2, -0.15) is 0 Å². The maximum atomic E-state index is 12.8. The van der Waals surface area contributed by atoms with Gasteiger partial charge in [-0.05, 0) is 12.1 Å². The summed E-state index contributed by atoms with van der Waals surface area (Å²) in [6, 6.07) is 7.65. The first kappa shape index (κ1) is 16.4. The van der Waals surface area contributed by atoms with Crippen molar-refractivity contribution in [2.75, 3.05) is 51.3 Å². The third-order valence-electron chi connectivity index (χ3n) is 5.24. The number of hydrogen-bond acceptors (Lipinski definition) is 5. The Morgan fingerprint density at radius 2 is 2.08 bits per heavy atom. The highest BCUT2D eigenvalue weighted by molar-refractivity contribution is 5.96. The molecule has 2 saturated heterocycles. The Labute approximate surface area is 147 Å². The second-order valence-electron chi connectivity index (χ2n) is 6.79. The number of carbonyl (C=O) groups excluding carboxylic acids is 2. The summed E-state index contributed by atoms with van der Waals surface area (Å²) in [4.78, 5) is 30.5. The fraction of sp³-hybridized carbons (Fsp3) is 0.556. The van der Waals surface area contributed by atoms with E-state index >= 15 is 0 Å². The van der Waals surface area contributed by atoms with Gasteiger partial charge in [-0.15, -0.1) is 0 Å². The summed E-state index contributed by atoms with van der Waals surface area (Å²) in [6.45, 7) is 3.21. The van der Waals surface area contributed by atoms with Crippen molar-refractivity contribution in [1.82, 2.24) is 9.80 Å². The maximum Gasteiger partial charge on any atom is 0.241 e. The molecule has 0 aromatic heterocycles. The molecule has 3 aliphatic heterocycles. The van der Waals surface area contributed by atoms with Gasteiger partial charge >= 0.3 is 0 Å². The van der Waals surface area contributed by atoms with Crippen molar-refractivity contribution >= 4 is 17.5 Å². The predicted octanol–water partition coefficient (Wildman–Crippen LogP) is 0.344. The van der Waals surface area contributed by atoms with Crippen LogP contribution in [0.2, 0.25) is 0 Å². The van der Waals surface area contributed by atoms with Gasteiger partial charge in [-0.25, -0.2) is 0 Å². The predicted molar refractivity (Wildman–Crippen MR) is 91.6 cm³/mol. The Morgan fingerprint density at radius 3 is 2.96 bits per heavy atom. The van der Waals surface area contributed by atoms with E-state index in [9.17, 15) is 9.59 Å². The van der Waals surface area contributed by atoms with Crippen LogP contribution in [0, 0.1) is 0 Å². The number of likely N-dealkylation sites (tertiary alicyclic amines) is 1. The van der Waals surface area contributed by atoms with Crippen LogP contribution < -0.4 is 9.64 Å². The van der Waals surface area contributed by atoms with E-state index in [-0.39, 0.29) is 24.0 Å². The molecule has 1 aromatic rings. The molecular formula is C18H23N3O4. The molecule has 0 bridgehead atoms. The summed E-state index contributed by atoms with van der Waals surface area (Å²) in [6.07, 6.45) is 0.425. The van der Waals surface area contributed by atoms with Crippen LogP contribution in [-0.4, -0.2) is 80.2 Å². The lowest BCUT2D eigenvalue weighted by atomic mass is 10.2. The average Bonchev–Trinajstić information content (AvgIpc) is 2.97. The molecule has 2 amide bonds. The van der Waals surface area contributed by atoms with Crippen LogP contribution in [0.1, 0.15) is 6.42 Å². The summed E-state index contributed by atoms with van der Waals surface area (Å²) < 4.78 is 11.5. The molecule has 0 unspecified atom stereocenters. The molecule has 25 heavy (non-hydrogen) atoms. The molecule has 0 saturated carbocycles. The molecule has 0 aliphatic carbocycles. The van der Waals surface area contributed by atoms with Gasteiger partial charge in [0.05, 0.1) is 44.0 Å². The lowest BCUT2D eigenvalue weighted by molar-refractivity contribution is -0.131. The lowest BCUT2D eigenvalue weighted by Crippen LogP contribution is -2.45. The molecule has 0 N–H and O–H groups in total. The zero-order chi connectivity index (χ0) is 17.4. The van der Waals surface area contributed by atoms with Crippen molar-refractivity contribution in [3.8, 4) is 5.75 Å². The highest BCUT2D eigenvalue weighted by atomic mass is 16.5. The minimum Gasteiger partial charge on any atom is -0.490 e. The standard InChI is InChI=1S/C18H23N3O4/c1-19-14-10-20(11-16(14)24-8-6-17(19)22)12-18(23)21-7-9-25-15-5-3-2-4-13(15)21/h2-5,14,16H,6-12H2,1H3/t14-,16-/m0/s1. The Kier molecular flexibility index (Phi) is 4.35. The largest absolute Gasteiger partial charge is 0.490 e. The van der Waals surface area contributed by atoms with E-state index in [1.807, 2.05) is 31.3 Å². The van der Waals surface area contributed by atoms with E-state index in [1.54, 1.807) is 9.80 Å². The number of anilines is 1. The van der Waals surface area contributed by atoms with Crippen LogP contribution in [0.4, 0.5) is 5.69 Å². The van der Waals surface area contributed by atoms with E-state index in [2.05, 4.69) is 4.90 Å². The van der Waals surface area contributed by atoms with Gasteiger partial charge in [-0.3, -0.25) is 14.5 Å². The van der Waals surface area contributed by atoms with Crippen molar-refractivity contribution in [3.63, 3.8) is 0 Å². The fourth-order valence-corrected chi connectivity index (χ4v) is 3.86. The second kappa shape index (κ2) is 6.65. The molecule has 134 valence electrons. The van der Waals surface area contributed by atoms with Gasteiger partial charge < -0.3 is 19.3 Å². The number of nitrogens with zero attached hydrogens (tertiary/aromatic N) is 3. The number of fused-ring (bicyclic) bond motifs is 2. The molecule has 3 aliphatic rings. The normalized spacial score (nSPS) is 26.7. The molecule has 2 atom stereocenters. The first-order valence-corrected chi connectivity index (χ1v) is 8.75. The topological polar surface area (TPSA) is 62.3 Å². The summed E-state index contributed by atoms with van der Waals surface area (Å²) in [7, 11) is 1.83. The third-order valence-corrected chi connectivity index (χ3v) is 5.24. The summed E-state index contributed by atoms with van der Waals surface area (Å²) in [5.41, 5.74) is 0.829. The number of para-hydroxylation sites is 2. The van der Waals surface area contributed by atoms with E-state index in [1.165, 1.54) is 0 Å². The number of hydrogen-bond donors (Lipinski definition) is 0. The van der Waals surface area contributed by atoms with Crippen molar-refractivity contribution in [3.05, 3.63) is 24.3 Å². The third kappa shape index (κ3) is 3.09. The zero-order valence-corrected chi connectivity index (χ0v) is 14.4. The minimum atomic E-state index is -0.0128. The number of benzene rings is 1. The van der Waals surface area contributed by atoms with Crippen molar-refractivity contribution in [2.45, 2.75) is 18.6 Å². The van der Waals surface area contributed by atoms with Gasteiger partial charge in [0, 0.05) is 20.1 Å². The molecule has 3 heterocycles. The zero-order valence-electron chi connectivity index (χ0n) is 14.4. The Bertz CT molecular complexity index is 680. The molecule has 1 aromatic carbocycles. The van der Waals surface area contributed by atoms with Crippen molar-refractivity contribution < 1.29 is 19.1 Å². The average molecular weight is 345 g/mol. The molecule has 4 rings (SSSR count). The van der Waals surface area contributed by atoms with Crippen LogP contribution in [0.15, 0.2) is 24.3 Å². The van der Waals surface area contributed by atoms with Gasteiger partial charge in [0.15, 0.2) is 0 Å². The van der Waals surface area contributed by atoms with Crippen LogP contribution in [0.5, 0.6) is 5.75 Å². The second-order valence-corrected chi connectivity index (χ2v) is 6.79. The van der Waals surface area contributed by atoms with Gasteiger partial charge in [0.2, 0.25) is 11.8 Å². The Balaban J connectivity index is 1.44. The lowest BCUT2D eigenvalue weighted by Gasteiger charge is -2.31. The van der Waals surface area contributed by atoms with Crippen LogP contribution in [0.25, 0.3) is 0 Å². The van der Waals surface area contributed by atoms with E-state index in [4.69, 9.17) is 9.47 Å². The Hall–Kier alpha value is -2.12. The summed E-state index contributed by atoms with van der Waals surface area (Å²) in [5, 5.41) is 0. The highest BCUT2D eigenvalue weighted by Gasteiger charge is 2.40. The first-order chi connectivity index (χ1) is 12.1. The molecule has 2 fully saturated rings. The van der Waals surface area contributed by atoms with Crippen molar-refractivity contribution in [1.29, 1.82) is 0 Å². The summed E-state index contributed by atoms with van der Waals surface area (Å²) >= 11 is 0. The number of rotatable bonds is 2. The molecule has 7 heteroatoms. The van der Waals surface area contributed by atoms with E-state index in [0.29, 0.717) is 45.8 Å². The molecular weight excluding hydrogens is 322 g/mol. The highest BCUT2D eigenvalue weighted by Crippen LogP contribution is 2.31. The van der Waals surface area contributed by atoms with Gasteiger partial charge in [0.25, 0.3) is 0 Å². The maximum absolute atomic E-state index is 12.8. The van der Waals surface area contributed by atoms with Crippen LogP contribution in [-0.2, 0) is 14.3 Å². The number of ether oxygens (including phenoxy) is 2. The minimum absolute atomic E-state index is 0.0128. The summed E-state index contributed by atoms with van der Waals surface area (Å²) in [5.74, 6) is 0.923. The molecule has 0 radical (unpaired) electrons. The Morgan fingerprint density at radius 1 is 1.24 bits per heavy atom. The monoisotopic (exact) mass is 345 g/mol. The van der Waals surface area contributed by atoms with Gasteiger partial charge in [-0.1, -0.05) is 12.1 Å². The number of likely N-dealkylation sites (N-methyl/N-ethyl adjacent to an activating group) is 1. The van der Waals surface area contributed by atoms with Gasteiger partial charge in [0.1, 0.15) is 12.4 Å². The smallest absolute Gasteiger partial charge is 0.241 e. The van der Waals surface area contributed by atoms with E-state index < -0.39 is 0 Å². The number of carbonyl (C=O) groups is 2. The SMILES string of the molecule is CN1C(=O)CCO[C@H]2CN(CC(=O)N3CCOc4ccccc43)C[C@@H]21. The quantitative estimate of drug-likeness (QED) is 0.774. The number of amides is 2. The fourth-order valence-electron chi connectivity index (χ4n) is 3.86. The molecule has 0 spiro atoms. The van der Waals surface area contributed by atoms with Crippen LogP contribution >= 0.6 is 0 Å². The van der Waals surface area contributed by atoms with Crippen molar-refractivity contribution in [2.24, 2.45) is 0 Å². The molecule has 7 nitrogen and oxygen atoms in total.